The van der Waals surface area contributed by atoms with Crippen LogP contribution in [0, 0.1) is 6.92 Å². The number of carbonyl (C=O) groups is 1. The van der Waals surface area contributed by atoms with E-state index in [4.69, 9.17) is 16.3 Å². The maximum Gasteiger partial charge on any atom is 0.348 e. The SMILES string of the molecule is Cc1c(C(=O)OC(C)C)sc2nc(-c3ccc(Cl)cc3)[nH]c(=O)c12. The zero-order valence-corrected chi connectivity index (χ0v) is 14.9. The molecule has 0 fully saturated rings. The fraction of sp³-hybridized carbons (Fsp3) is 0.235. The number of nitrogens with one attached hydrogen (secondary N) is 1. The quantitative estimate of drug-likeness (QED) is 0.709. The maximum absolute atomic E-state index is 12.5. The monoisotopic (exact) mass is 362 g/mol. The zero-order valence-electron chi connectivity index (χ0n) is 13.3. The number of benzene rings is 1. The maximum atomic E-state index is 12.5. The molecular formula is C17H15ClN2O3S. The molecule has 2 aromatic heterocycles. The van der Waals surface area contributed by atoms with Gasteiger partial charge in [-0.15, -0.1) is 11.3 Å². The summed E-state index contributed by atoms with van der Waals surface area (Å²) in [5, 5.41) is 1.03. The number of rotatable bonds is 3. The summed E-state index contributed by atoms with van der Waals surface area (Å²) >= 11 is 7.05. The molecule has 0 aliphatic carbocycles. The molecule has 1 aromatic carbocycles. The van der Waals surface area contributed by atoms with Crippen LogP contribution < -0.4 is 5.56 Å². The van der Waals surface area contributed by atoms with Gasteiger partial charge in [0.25, 0.3) is 5.56 Å². The lowest BCUT2D eigenvalue weighted by molar-refractivity contribution is 0.0383. The van der Waals surface area contributed by atoms with Crippen LogP contribution >= 0.6 is 22.9 Å². The molecule has 0 amide bonds. The van der Waals surface area contributed by atoms with Crippen LogP contribution in [0.1, 0.15) is 29.1 Å². The first-order valence-electron chi connectivity index (χ1n) is 7.37. The molecule has 0 unspecified atom stereocenters. The molecule has 7 heteroatoms. The minimum absolute atomic E-state index is 0.224. The number of thiophene rings is 1. The number of H-pyrrole nitrogens is 1. The summed E-state index contributed by atoms with van der Waals surface area (Å²) < 4.78 is 5.23. The third kappa shape index (κ3) is 3.07. The Balaban J connectivity index is 2.13. The van der Waals surface area contributed by atoms with Crippen LogP contribution in [0.3, 0.4) is 0 Å². The Labute approximate surface area is 147 Å². The summed E-state index contributed by atoms with van der Waals surface area (Å²) in [6.45, 7) is 5.29. The van der Waals surface area contributed by atoms with Gasteiger partial charge in [-0.05, 0) is 50.6 Å². The predicted molar refractivity (Wildman–Crippen MR) is 96.0 cm³/mol. The number of hydrogen-bond donors (Lipinski definition) is 1. The van der Waals surface area contributed by atoms with E-state index in [2.05, 4.69) is 9.97 Å². The molecule has 0 bridgehead atoms. The molecule has 24 heavy (non-hydrogen) atoms. The van der Waals surface area contributed by atoms with Crippen LogP contribution in [0.2, 0.25) is 5.02 Å². The van der Waals surface area contributed by atoms with E-state index in [0.29, 0.717) is 31.5 Å². The number of esters is 1. The topological polar surface area (TPSA) is 72.0 Å². The van der Waals surface area contributed by atoms with Crippen LogP contribution in [0.15, 0.2) is 29.1 Å². The number of halogens is 1. The van der Waals surface area contributed by atoms with Crippen molar-refractivity contribution in [2.24, 2.45) is 0 Å². The van der Waals surface area contributed by atoms with Crippen molar-refractivity contribution in [3.05, 3.63) is 50.1 Å². The fourth-order valence-electron chi connectivity index (χ4n) is 2.35. The third-order valence-corrected chi connectivity index (χ3v) is 4.86. The number of nitrogens with zero attached hydrogens (tertiary/aromatic N) is 1. The Bertz CT molecular complexity index is 974. The molecule has 3 rings (SSSR count). The number of fused-ring (bicyclic) bond motifs is 1. The standard InChI is InChI=1S/C17H15ClN2O3S/c1-8(2)23-17(22)13-9(3)12-15(21)19-14(20-16(12)24-13)10-4-6-11(18)7-5-10/h4-8H,1-3H3,(H,19,20,21). The molecule has 0 aliphatic rings. The minimum Gasteiger partial charge on any atom is -0.459 e. The lowest BCUT2D eigenvalue weighted by Crippen LogP contribution is -2.12. The van der Waals surface area contributed by atoms with Crippen molar-refractivity contribution in [1.29, 1.82) is 0 Å². The molecule has 0 radical (unpaired) electrons. The Morgan fingerprint density at radius 1 is 1.29 bits per heavy atom. The Morgan fingerprint density at radius 3 is 2.58 bits per heavy atom. The second kappa shape index (κ2) is 6.37. The number of ether oxygens (including phenoxy) is 1. The fourth-order valence-corrected chi connectivity index (χ4v) is 3.54. The van der Waals surface area contributed by atoms with E-state index in [1.165, 1.54) is 11.3 Å². The summed E-state index contributed by atoms with van der Waals surface area (Å²) in [5.41, 5.74) is 1.06. The van der Waals surface area contributed by atoms with Crippen LogP contribution in [-0.4, -0.2) is 22.0 Å². The van der Waals surface area contributed by atoms with Gasteiger partial charge in [-0.25, -0.2) is 9.78 Å². The van der Waals surface area contributed by atoms with Gasteiger partial charge in [0, 0.05) is 10.6 Å². The molecule has 0 spiro atoms. The summed E-state index contributed by atoms with van der Waals surface area (Å²) in [6, 6.07) is 7.01. The van der Waals surface area contributed by atoms with Gasteiger partial charge in [-0.3, -0.25) is 4.79 Å². The molecule has 0 saturated carbocycles. The number of aromatic nitrogens is 2. The first kappa shape index (κ1) is 16.7. The van der Waals surface area contributed by atoms with Gasteiger partial charge in [0.15, 0.2) is 0 Å². The van der Waals surface area contributed by atoms with Crippen LogP contribution in [0.25, 0.3) is 21.6 Å². The highest BCUT2D eigenvalue weighted by molar-refractivity contribution is 7.20. The molecule has 2 heterocycles. The van der Waals surface area contributed by atoms with Crippen LogP contribution in [-0.2, 0) is 4.74 Å². The highest BCUT2D eigenvalue weighted by atomic mass is 35.5. The molecule has 0 atom stereocenters. The van der Waals surface area contributed by atoms with Gasteiger partial charge >= 0.3 is 5.97 Å². The van der Waals surface area contributed by atoms with Crippen molar-refractivity contribution in [2.75, 3.05) is 0 Å². The molecular weight excluding hydrogens is 348 g/mol. The van der Waals surface area contributed by atoms with Gasteiger partial charge in [0.1, 0.15) is 15.5 Å². The molecule has 3 aromatic rings. The smallest absolute Gasteiger partial charge is 0.348 e. The first-order valence-corrected chi connectivity index (χ1v) is 8.56. The van der Waals surface area contributed by atoms with E-state index in [1.807, 2.05) is 0 Å². The number of carbonyl (C=O) groups excluding carboxylic acids is 1. The highest BCUT2D eigenvalue weighted by Gasteiger charge is 2.21. The third-order valence-electron chi connectivity index (χ3n) is 3.45. The summed E-state index contributed by atoms with van der Waals surface area (Å²) in [7, 11) is 0. The van der Waals surface area contributed by atoms with E-state index in [-0.39, 0.29) is 11.7 Å². The van der Waals surface area contributed by atoms with Crippen LogP contribution in [0.4, 0.5) is 0 Å². The lowest BCUT2D eigenvalue weighted by Gasteiger charge is -2.06. The van der Waals surface area contributed by atoms with Gasteiger partial charge in [-0.1, -0.05) is 11.6 Å². The van der Waals surface area contributed by atoms with Crippen LogP contribution in [0.5, 0.6) is 0 Å². The number of aromatic amines is 1. The molecule has 0 saturated heterocycles. The lowest BCUT2D eigenvalue weighted by atomic mass is 10.2. The molecule has 124 valence electrons. The molecule has 1 N–H and O–H groups in total. The number of aryl methyl sites for hydroxylation is 1. The number of hydrogen-bond acceptors (Lipinski definition) is 5. The van der Waals surface area contributed by atoms with Gasteiger partial charge in [-0.2, -0.15) is 0 Å². The summed E-state index contributed by atoms with van der Waals surface area (Å²) in [6.07, 6.45) is -0.224. The van der Waals surface area contributed by atoms with Crippen molar-refractivity contribution in [3.8, 4) is 11.4 Å². The van der Waals surface area contributed by atoms with Crippen molar-refractivity contribution >= 4 is 39.1 Å². The van der Waals surface area contributed by atoms with E-state index < -0.39 is 5.97 Å². The van der Waals surface area contributed by atoms with E-state index in [1.54, 1.807) is 45.0 Å². The predicted octanol–water partition coefficient (Wildman–Crippen LogP) is 4.18. The second-order valence-electron chi connectivity index (χ2n) is 5.61. The second-order valence-corrected chi connectivity index (χ2v) is 7.05. The van der Waals surface area contributed by atoms with Crippen molar-refractivity contribution < 1.29 is 9.53 Å². The Morgan fingerprint density at radius 2 is 1.96 bits per heavy atom. The van der Waals surface area contributed by atoms with Crippen molar-refractivity contribution in [2.45, 2.75) is 26.9 Å². The van der Waals surface area contributed by atoms with Gasteiger partial charge in [0.2, 0.25) is 0 Å². The van der Waals surface area contributed by atoms with Gasteiger partial charge in [0.05, 0.1) is 11.5 Å². The van der Waals surface area contributed by atoms with E-state index in [0.717, 1.165) is 5.56 Å². The van der Waals surface area contributed by atoms with E-state index in [9.17, 15) is 9.59 Å². The Hall–Kier alpha value is -2.18. The molecule has 0 aliphatic heterocycles. The highest BCUT2D eigenvalue weighted by Crippen LogP contribution is 2.29. The van der Waals surface area contributed by atoms with Crippen molar-refractivity contribution in [1.82, 2.24) is 9.97 Å². The minimum atomic E-state index is -0.432. The van der Waals surface area contributed by atoms with Crippen molar-refractivity contribution in [3.63, 3.8) is 0 Å². The Kier molecular flexibility index (Phi) is 4.43. The summed E-state index contributed by atoms with van der Waals surface area (Å²) in [5.74, 6) is 0.00661. The average Bonchev–Trinajstić information content (AvgIpc) is 2.85. The van der Waals surface area contributed by atoms with Gasteiger partial charge < -0.3 is 9.72 Å². The van der Waals surface area contributed by atoms with E-state index >= 15 is 0 Å². The first-order chi connectivity index (χ1) is 11.4. The molecule has 5 nitrogen and oxygen atoms in total. The largest absolute Gasteiger partial charge is 0.459 e. The average molecular weight is 363 g/mol. The zero-order chi connectivity index (χ0) is 17.4. The normalized spacial score (nSPS) is 11.2. The summed E-state index contributed by atoms with van der Waals surface area (Å²) in [4.78, 5) is 32.8.